The van der Waals surface area contributed by atoms with E-state index in [2.05, 4.69) is 228 Å². The molecule has 1 atom stereocenters. The molecule has 2 nitrogen and oxygen atoms in total. The van der Waals surface area contributed by atoms with Gasteiger partial charge in [-0.15, -0.1) is 0 Å². The molecule has 0 radical (unpaired) electrons. The first-order valence-corrected chi connectivity index (χ1v) is 19.8. The smallest absolute Gasteiger partial charge is 0.0754 e. The van der Waals surface area contributed by atoms with Gasteiger partial charge in [-0.25, -0.2) is 0 Å². The molecule has 2 heteroatoms. The SMILES string of the molecule is c1ccc(-c2ccc(N(c3ccc4c(c3)-c3ccccc3C43c4ccccc4-n4c5ccccc5c5cccc3c54)c3ccccc3-c3ccccc3)cc2)cc1. The van der Waals surface area contributed by atoms with Gasteiger partial charge in [-0.3, -0.25) is 0 Å². The molecule has 0 N–H and O–H groups in total. The van der Waals surface area contributed by atoms with Gasteiger partial charge < -0.3 is 9.47 Å². The topological polar surface area (TPSA) is 8.17 Å². The van der Waals surface area contributed by atoms with Crippen molar-refractivity contribution in [1.29, 1.82) is 0 Å². The van der Waals surface area contributed by atoms with E-state index in [-0.39, 0.29) is 0 Å². The molecule has 0 saturated heterocycles. The summed E-state index contributed by atoms with van der Waals surface area (Å²) in [6, 6.07) is 80.5. The third-order valence-electron chi connectivity index (χ3n) is 12.4. The minimum absolute atomic E-state index is 0.491. The van der Waals surface area contributed by atoms with Crippen LogP contribution < -0.4 is 4.90 Å². The van der Waals surface area contributed by atoms with Crippen LogP contribution in [0.4, 0.5) is 17.1 Å². The van der Waals surface area contributed by atoms with Crippen molar-refractivity contribution in [2.45, 2.75) is 5.41 Å². The Bertz CT molecular complexity index is 3180. The van der Waals surface area contributed by atoms with E-state index in [9.17, 15) is 0 Å². The number of rotatable bonds is 5. The van der Waals surface area contributed by atoms with Crippen molar-refractivity contribution in [1.82, 2.24) is 4.57 Å². The fraction of sp³-hybridized carbons (Fsp3) is 0.0182. The molecule has 266 valence electrons. The van der Waals surface area contributed by atoms with Gasteiger partial charge in [-0.2, -0.15) is 0 Å². The molecule has 10 aromatic rings. The molecule has 1 spiro atoms. The second-order valence-electron chi connectivity index (χ2n) is 15.2. The van der Waals surface area contributed by atoms with Crippen molar-refractivity contribution in [2.24, 2.45) is 0 Å². The van der Waals surface area contributed by atoms with Gasteiger partial charge >= 0.3 is 0 Å². The van der Waals surface area contributed by atoms with E-state index in [4.69, 9.17) is 0 Å². The molecule has 2 heterocycles. The summed E-state index contributed by atoms with van der Waals surface area (Å²) in [6.45, 7) is 0. The minimum Gasteiger partial charge on any atom is -0.310 e. The van der Waals surface area contributed by atoms with Crippen LogP contribution in [0.1, 0.15) is 22.3 Å². The molecular formula is C55H36N2. The van der Waals surface area contributed by atoms with Crippen LogP contribution in [0.3, 0.4) is 0 Å². The van der Waals surface area contributed by atoms with Gasteiger partial charge in [0.1, 0.15) is 0 Å². The lowest BCUT2D eigenvalue weighted by molar-refractivity contribution is 0.748. The third kappa shape index (κ3) is 4.47. The molecule has 0 amide bonds. The second kappa shape index (κ2) is 12.3. The molecule has 1 aromatic heterocycles. The number of hydrogen-bond acceptors (Lipinski definition) is 1. The molecule has 9 aromatic carbocycles. The lowest BCUT2D eigenvalue weighted by Crippen LogP contribution is -2.33. The zero-order valence-electron chi connectivity index (χ0n) is 31.2. The summed E-state index contributed by atoms with van der Waals surface area (Å²) in [5, 5.41) is 2.58. The first-order valence-electron chi connectivity index (χ1n) is 19.8. The van der Waals surface area contributed by atoms with Crippen molar-refractivity contribution in [2.75, 3.05) is 4.90 Å². The van der Waals surface area contributed by atoms with Gasteiger partial charge in [0, 0.05) is 27.7 Å². The van der Waals surface area contributed by atoms with Gasteiger partial charge in [0.2, 0.25) is 0 Å². The first kappa shape index (κ1) is 31.9. The standard InChI is InChI=1S/C55H36N2/c1-3-16-37(17-4-1)38-30-32-40(33-31-38)56(51-27-12-8-20-42(51)39-18-5-2-6-19-39)41-34-35-48-46(36-41)43-21-7-10-24-47(43)55(48)49-25-11-14-29-53(49)57-52-28-13-9-22-44(52)45-23-15-26-50(55)54(45)57/h1-36H. The van der Waals surface area contributed by atoms with Crippen molar-refractivity contribution in [3.63, 3.8) is 0 Å². The van der Waals surface area contributed by atoms with E-state index in [1.807, 2.05) is 0 Å². The van der Waals surface area contributed by atoms with Gasteiger partial charge in [0.15, 0.2) is 0 Å². The molecule has 57 heavy (non-hydrogen) atoms. The quantitative estimate of drug-likeness (QED) is 0.172. The van der Waals surface area contributed by atoms with Crippen LogP contribution in [0, 0.1) is 0 Å². The average Bonchev–Trinajstić information content (AvgIpc) is 3.78. The van der Waals surface area contributed by atoms with Crippen molar-refractivity contribution >= 4 is 38.9 Å². The molecule has 0 fully saturated rings. The summed E-state index contributed by atoms with van der Waals surface area (Å²) in [5.41, 5.74) is 19.3. The second-order valence-corrected chi connectivity index (χ2v) is 15.2. The lowest BCUT2D eigenvalue weighted by Gasteiger charge is -2.39. The molecule has 2 aliphatic rings. The molecule has 0 bridgehead atoms. The maximum Gasteiger partial charge on any atom is 0.0754 e. The maximum absolute atomic E-state index is 2.51. The largest absolute Gasteiger partial charge is 0.310 e. The zero-order valence-corrected chi connectivity index (χ0v) is 31.2. The minimum atomic E-state index is -0.491. The van der Waals surface area contributed by atoms with Crippen molar-refractivity contribution in [3.05, 3.63) is 241 Å². The normalized spacial score (nSPS) is 14.7. The average molecular weight is 725 g/mol. The molecular weight excluding hydrogens is 689 g/mol. The Hall–Kier alpha value is -7.42. The van der Waals surface area contributed by atoms with Gasteiger partial charge in [0.25, 0.3) is 0 Å². The molecule has 1 aliphatic carbocycles. The molecule has 1 aliphatic heterocycles. The van der Waals surface area contributed by atoms with E-state index in [0.29, 0.717) is 0 Å². The van der Waals surface area contributed by atoms with E-state index >= 15 is 0 Å². The van der Waals surface area contributed by atoms with E-state index in [1.165, 1.54) is 83.1 Å². The van der Waals surface area contributed by atoms with Crippen LogP contribution in [0.2, 0.25) is 0 Å². The number of benzene rings is 9. The summed E-state index contributed by atoms with van der Waals surface area (Å²) < 4.78 is 2.51. The third-order valence-corrected chi connectivity index (χ3v) is 12.4. The number of aromatic nitrogens is 1. The Morgan fingerprint density at radius 2 is 0.930 bits per heavy atom. The number of anilines is 3. The molecule has 12 rings (SSSR count). The maximum atomic E-state index is 2.51. The Labute approximate surface area is 332 Å². The highest BCUT2D eigenvalue weighted by Crippen LogP contribution is 2.61. The highest BCUT2D eigenvalue weighted by molar-refractivity contribution is 6.13. The highest BCUT2D eigenvalue weighted by Gasteiger charge is 2.50. The Morgan fingerprint density at radius 3 is 1.75 bits per heavy atom. The van der Waals surface area contributed by atoms with Crippen LogP contribution >= 0.6 is 0 Å². The van der Waals surface area contributed by atoms with E-state index < -0.39 is 5.41 Å². The van der Waals surface area contributed by atoms with E-state index in [0.717, 1.165) is 17.1 Å². The van der Waals surface area contributed by atoms with Crippen LogP contribution in [0.5, 0.6) is 0 Å². The number of para-hydroxylation sites is 4. The number of fused-ring (bicyclic) bond motifs is 12. The van der Waals surface area contributed by atoms with Gasteiger partial charge in [-0.05, 0) is 92.5 Å². The summed E-state index contributed by atoms with van der Waals surface area (Å²) in [5.74, 6) is 0. The van der Waals surface area contributed by atoms with Gasteiger partial charge in [0.05, 0.1) is 27.8 Å². The molecule has 0 saturated carbocycles. The van der Waals surface area contributed by atoms with E-state index in [1.54, 1.807) is 0 Å². The number of hydrogen-bond donors (Lipinski definition) is 0. The summed E-state index contributed by atoms with van der Waals surface area (Å²) in [6.07, 6.45) is 0. The summed E-state index contributed by atoms with van der Waals surface area (Å²) in [7, 11) is 0. The predicted octanol–water partition coefficient (Wildman–Crippen LogP) is 14.3. The lowest BCUT2D eigenvalue weighted by atomic mass is 9.65. The van der Waals surface area contributed by atoms with Crippen molar-refractivity contribution < 1.29 is 0 Å². The fourth-order valence-corrected chi connectivity index (χ4v) is 10.1. The Morgan fingerprint density at radius 1 is 0.351 bits per heavy atom. The first-order chi connectivity index (χ1) is 28.3. The Balaban J connectivity index is 1.12. The van der Waals surface area contributed by atoms with Gasteiger partial charge in [-0.1, -0.05) is 176 Å². The molecule has 1 unspecified atom stereocenters. The fourth-order valence-electron chi connectivity index (χ4n) is 10.1. The van der Waals surface area contributed by atoms with Crippen LogP contribution in [0.15, 0.2) is 218 Å². The zero-order chi connectivity index (χ0) is 37.5. The monoisotopic (exact) mass is 724 g/mol. The summed E-state index contributed by atoms with van der Waals surface area (Å²) in [4.78, 5) is 2.44. The summed E-state index contributed by atoms with van der Waals surface area (Å²) >= 11 is 0. The van der Waals surface area contributed by atoms with Crippen LogP contribution in [0.25, 0.3) is 60.9 Å². The predicted molar refractivity (Wildman–Crippen MR) is 237 cm³/mol. The van der Waals surface area contributed by atoms with Crippen LogP contribution in [-0.4, -0.2) is 4.57 Å². The Kier molecular flexibility index (Phi) is 6.88. The van der Waals surface area contributed by atoms with Crippen molar-refractivity contribution in [3.8, 4) is 39.1 Å². The van der Waals surface area contributed by atoms with Crippen LogP contribution in [-0.2, 0) is 5.41 Å². The highest BCUT2D eigenvalue weighted by atomic mass is 15.1. The number of nitrogens with zero attached hydrogens (tertiary/aromatic N) is 2.